The number of carboxylic acid groups (broad SMARTS) is 1. The summed E-state index contributed by atoms with van der Waals surface area (Å²) in [4.78, 5) is 52.8. The summed E-state index contributed by atoms with van der Waals surface area (Å²) < 4.78 is 5.60. The number of anilines is 1. The lowest BCUT2D eigenvalue weighted by atomic mass is 9.91. The highest BCUT2D eigenvalue weighted by atomic mass is 35.5. The summed E-state index contributed by atoms with van der Waals surface area (Å²) in [5.74, 6) is -2.28. The van der Waals surface area contributed by atoms with Crippen LogP contribution in [0.5, 0.6) is 0 Å². The lowest BCUT2D eigenvalue weighted by Crippen LogP contribution is -2.58. The molecule has 3 aromatic rings. The molecule has 0 bridgehead atoms. The zero-order chi connectivity index (χ0) is 27.9. The van der Waals surface area contributed by atoms with E-state index in [9.17, 15) is 24.3 Å². The molecule has 9 nitrogen and oxygen atoms in total. The number of urea groups is 1. The van der Waals surface area contributed by atoms with Gasteiger partial charge in [0.05, 0.1) is 12.0 Å². The summed E-state index contributed by atoms with van der Waals surface area (Å²) in [5.41, 5.74) is 2.52. The Labute approximate surface area is 230 Å². The molecule has 202 valence electrons. The number of rotatable bonds is 8. The number of amides is 3. The van der Waals surface area contributed by atoms with E-state index in [0.717, 1.165) is 11.1 Å². The van der Waals surface area contributed by atoms with Gasteiger partial charge in [0.15, 0.2) is 0 Å². The Morgan fingerprint density at radius 3 is 2.38 bits per heavy atom. The summed E-state index contributed by atoms with van der Waals surface area (Å²) in [6.07, 6.45) is -1.02. The van der Waals surface area contributed by atoms with Crippen LogP contribution < -0.4 is 10.6 Å². The molecule has 3 amide bonds. The molecule has 0 aliphatic carbocycles. The van der Waals surface area contributed by atoms with Crippen molar-refractivity contribution in [3.8, 4) is 0 Å². The van der Waals surface area contributed by atoms with E-state index in [-0.39, 0.29) is 18.5 Å². The summed E-state index contributed by atoms with van der Waals surface area (Å²) in [7, 11) is 0. The van der Waals surface area contributed by atoms with Crippen molar-refractivity contribution in [1.82, 2.24) is 10.2 Å². The number of carbonyl (C=O) groups is 4. The second kappa shape index (κ2) is 12.4. The lowest BCUT2D eigenvalue weighted by molar-refractivity contribution is -0.143. The highest BCUT2D eigenvalue weighted by Gasteiger charge is 2.39. The van der Waals surface area contributed by atoms with Gasteiger partial charge in [-0.05, 0) is 54.8 Å². The third-order valence-electron chi connectivity index (χ3n) is 6.46. The third kappa shape index (κ3) is 7.14. The van der Waals surface area contributed by atoms with Gasteiger partial charge in [0, 0.05) is 23.3 Å². The first-order chi connectivity index (χ1) is 18.7. The maximum Gasteiger partial charge on any atom is 0.338 e. The number of ether oxygens (including phenoxy) is 1. The van der Waals surface area contributed by atoms with Crippen molar-refractivity contribution in [2.75, 3.05) is 5.32 Å². The molecule has 0 aromatic heterocycles. The maximum absolute atomic E-state index is 14.0. The molecular formula is C29H28ClN3O6. The fourth-order valence-corrected chi connectivity index (χ4v) is 4.73. The first-order valence-electron chi connectivity index (χ1n) is 12.4. The number of benzene rings is 3. The van der Waals surface area contributed by atoms with Crippen LogP contribution in [0.1, 0.15) is 34.8 Å². The monoisotopic (exact) mass is 549 g/mol. The number of halogens is 1. The number of esters is 1. The van der Waals surface area contributed by atoms with Gasteiger partial charge < -0.3 is 25.4 Å². The maximum atomic E-state index is 14.0. The molecule has 10 heteroatoms. The molecule has 1 aliphatic heterocycles. The zero-order valence-electron chi connectivity index (χ0n) is 21.2. The molecule has 0 radical (unpaired) electrons. The van der Waals surface area contributed by atoms with Gasteiger partial charge in [0.1, 0.15) is 12.1 Å². The fraction of sp³-hybridized carbons (Fsp3) is 0.241. The number of fused-ring (bicyclic) bond motifs is 1. The number of carboxylic acids is 1. The summed E-state index contributed by atoms with van der Waals surface area (Å²) in [6, 6.07) is 19.6. The predicted octanol–water partition coefficient (Wildman–Crippen LogP) is 4.50. The number of aliphatic carboxylic acids is 1. The van der Waals surface area contributed by atoms with Crippen LogP contribution in [0.15, 0.2) is 78.9 Å². The molecule has 4 rings (SSSR count). The van der Waals surface area contributed by atoms with Gasteiger partial charge >= 0.3 is 18.0 Å². The Morgan fingerprint density at radius 2 is 1.69 bits per heavy atom. The SMILES string of the molecule is CC(OC(=O)c1ccccc1)C(NC(=O)Nc1cccc(Cl)c1)C(=O)N1Cc2ccccc2C[C@@H]1CC(=O)O. The summed E-state index contributed by atoms with van der Waals surface area (Å²) in [6.45, 7) is 1.66. The highest BCUT2D eigenvalue weighted by molar-refractivity contribution is 6.30. The van der Waals surface area contributed by atoms with Crippen LogP contribution in [0.25, 0.3) is 0 Å². The molecule has 3 atom stereocenters. The highest BCUT2D eigenvalue weighted by Crippen LogP contribution is 2.26. The van der Waals surface area contributed by atoms with Gasteiger partial charge in [-0.1, -0.05) is 60.1 Å². The molecule has 1 aliphatic rings. The van der Waals surface area contributed by atoms with Crippen molar-refractivity contribution in [2.24, 2.45) is 0 Å². The average Bonchev–Trinajstić information content (AvgIpc) is 2.91. The molecule has 3 N–H and O–H groups in total. The second-order valence-corrected chi connectivity index (χ2v) is 9.69. The number of hydrogen-bond acceptors (Lipinski definition) is 5. The number of carbonyl (C=O) groups excluding carboxylic acids is 3. The molecule has 0 spiro atoms. The zero-order valence-corrected chi connectivity index (χ0v) is 21.9. The van der Waals surface area contributed by atoms with Gasteiger partial charge in [-0.25, -0.2) is 9.59 Å². The van der Waals surface area contributed by atoms with E-state index in [0.29, 0.717) is 17.1 Å². The van der Waals surface area contributed by atoms with Crippen molar-refractivity contribution in [2.45, 2.75) is 44.5 Å². The minimum Gasteiger partial charge on any atom is -0.481 e. The van der Waals surface area contributed by atoms with Crippen molar-refractivity contribution in [1.29, 1.82) is 0 Å². The Hall–Kier alpha value is -4.37. The van der Waals surface area contributed by atoms with Crippen molar-refractivity contribution in [3.05, 3.63) is 101 Å². The van der Waals surface area contributed by atoms with Crippen LogP contribution in [-0.2, 0) is 27.3 Å². The van der Waals surface area contributed by atoms with Crippen molar-refractivity contribution in [3.63, 3.8) is 0 Å². The van der Waals surface area contributed by atoms with E-state index >= 15 is 0 Å². The van der Waals surface area contributed by atoms with Crippen LogP contribution in [0.4, 0.5) is 10.5 Å². The molecule has 3 aromatic carbocycles. The first-order valence-corrected chi connectivity index (χ1v) is 12.8. The Balaban J connectivity index is 1.60. The van der Waals surface area contributed by atoms with Crippen LogP contribution in [0.2, 0.25) is 5.02 Å². The van der Waals surface area contributed by atoms with Crippen molar-refractivity contribution < 1.29 is 29.0 Å². The van der Waals surface area contributed by atoms with E-state index in [1.807, 2.05) is 24.3 Å². The fourth-order valence-electron chi connectivity index (χ4n) is 4.54. The molecule has 0 saturated heterocycles. The second-order valence-electron chi connectivity index (χ2n) is 9.25. The topological polar surface area (TPSA) is 125 Å². The van der Waals surface area contributed by atoms with Crippen LogP contribution in [0.3, 0.4) is 0 Å². The first kappa shape index (κ1) is 27.7. The van der Waals surface area contributed by atoms with Gasteiger partial charge in [0.2, 0.25) is 5.91 Å². The van der Waals surface area contributed by atoms with Crippen LogP contribution in [-0.4, -0.2) is 52.1 Å². The lowest BCUT2D eigenvalue weighted by Gasteiger charge is -2.39. The van der Waals surface area contributed by atoms with Crippen LogP contribution >= 0.6 is 11.6 Å². The van der Waals surface area contributed by atoms with Gasteiger partial charge in [-0.15, -0.1) is 0 Å². The Kier molecular flexibility index (Phi) is 8.83. The number of hydrogen-bond donors (Lipinski definition) is 3. The average molecular weight is 550 g/mol. The van der Waals surface area contributed by atoms with E-state index in [1.54, 1.807) is 54.6 Å². The van der Waals surface area contributed by atoms with Gasteiger partial charge in [0.25, 0.3) is 0 Å². The van der Waals surface area contributed by atoms with Gasteiger partial charge in [-0.3, -0.25) is 9.59 Å². The summed E-state index contributed by atoms with van der Waals surface area (Å²) in [5, 5.41) is 15.2. The van der Waals surface area contributed by atoms with E-state index < -0.39 is 42.1 Å². The van der Waals surface area contributed by atoms with Crippen molar-refractivity contribution >= 4 is 41.2 Å². The van der Waals surface area contributed by atoms with Gasteiger partial charge in [-0.2, -0.15) is 0 Å². The van der Waals surface area contributed by atoms with E-state index in [4.69, 9.17) is 16.3 Å². The minimum absolute atomic E-state index is 0.153. The largest absolute Gasteiger partial charge is 0.481 e. The molecular weight excluding hydrogens is 522 g/mol. The third-order valence-corrected chi connectivity index (χ3v) is 6.69. The Morgan fingerprint density at radius 1 is 1.00 bits per heavy atom. The molecule has 0 fully saturated rings. The predicted molar refractivity (Wildman–Crippen MR) is 145 cm³/mol. The molecule has 2 unspecified atom stereocenters. The minimum atomic E-state index is -1.31. The smallest absolute Gasteiger partial charge is 0.338 e. The van der Waals surface area contributed by atoms with E-state index in [2.05, 4.69) is 10.6 Å². The number of nitrogens with one attached hydrogen (secondary N) is 2. The summed E-state index contributed by atoms with van der Waals surface area (Å²) >= 11 is 6.01. The Bertz CT molecular complexity index is 1370. The number of nitrogens with zero attached hydrogens (tertiary/aromatic N) is 1. The normalized spacial score (nSPS) is 15.8. The molecule has 1 heterocycles. The quantitative estimate of drug-likeness (QED) is 0.355. The van der Waals surface area contributed by atoms with Crippen LogP contribution in [0, 0.1) is 0 Å². The van der Waals surface area contributed by atoms with E-state index in [1.165, 1.54) is 11.8 Å². The molecule has 0 saturated carbocycles. The molecule has 39 heavy (non-hydrogen) atoms. The standard InChI is InChI=1S/C29H28ClN3O6/c1-18(39-28(37)19-8-3-2-4-9-19)26(32-29(38)31-23-13-7-12-22(30)15-23)27(36)33-17-21-11-6-5-10-20(21)14-24(33)16-25(34)35/h2-13,15,18,24,26H,14,16-17H2,1H3,(H,34,35)(H2,31,32,38)/t18?,24-,26?/m1/s1.